The number of carboxylic acids is 1. The molecule has 2 aromatic rings. The van der Waals surface area contributed by atoms with Gasteiger partial charge in [0.1, 0.15) is 12.3 Å². The van der Waals surface area contributed by atoms with Gasteiger partial charge in [0.05, 0.1) is 18.9 Å². The lowest BCUT2D eigenvalue weighted by molar-refractivity contribution is -0.123. The summed E-state index contributed by atoms with van der Waals surface area (Å²) in [6, 6.07) is 5.76. The number of anilines is 1. The van der Waals surface area contributed by atoms with Crippen molar-refractivity contribution in [2.75, 3.05) is 25.6 Å². The normalized spacial score (nSPS) is 14.1. The molecule has 134 valence electrons. The third-order valence-electron chi connectivity index (χ3n) is 4.24. The zero-order chi connectivity index (χ0) is 19.0. The predicted octanol–water partition coefficient (Wildman–Crippen LogP) is 2.16. The van der Waals surface area contributed by atoms with E-state index in [1.807, 2.05) is 0 Å². The first-order chi connectivity index (χ1) is 12.3. The number of hydrogen-bond acceptors (Lipinski definition) is 5. The fraction of sp³-hybridized carbons (Fsp3) is 0.222. The van der Waals surface area contributed by atoms with E-state index in [1.165, 1.54) is 37.4 Å². The number of carbonyl (C=O) groups is 3. The smallest absolute Gasteiger partial charge is 0.336 e. The van der Waals surface area contributed by atoms with Gasteiger partial charge in [-0.05, 0) is 31.2 Å². The van der Waals surface area contributed by atoms with E-state index >= 15 is 0 Å². The number of carboxylic acid groups (broad SMARTS) is 1. The monoisotopic (exact) mass is 355 g/mol. The molecule has 0 spiro atoms. The molecule has 0 atom stereocenters. The van der Waals surface area contributed by atoms with Crippen LogP contribution in [0, 0.1) is 6.92 Å². The minimum Gasteiger partial charge on any atom is -0.494 e. The molecule has 1 N–H and O–H groups in total. The largest absolute Gasteiger partial charge is 0.494 e. The van der Waals surface area contributed by atoms with Crippen molar-refractivity contribution in [1.29, 1.82) is 0 Å². The van der Waals surface area contributed by atoms with Gasteiger partial charge >= 0.3 is 12.0 Å². The van der Waals surface area contributed by atoms with Crippen molar-refractivity contribution < 1.29 is 24.2 Å². The van der Waals surface area contributed by atoms with Crippen molar-refractivity contribution in [3.63, 3.8) is 0 Å². The highest BCUT2D eigenvalue weighted by Gasteiger charge is 2.34. The number of ether oxygens (including phenoxy) is 1. The quantitative estimate of drug-likeness (QED) is 0.844. The SMILES string of the molecule is COc1cnc(C)cc1-c1cc(N2CC(=O)N(C)C2=O)ccc1C(=O)O. The Bertz CT molecular complexity index is 925. The lowest BCUT2D eigenvalue weighted by Gasteiger charge is -2.18. The number of carbonyl (C=O) groups excluding carboxylic acids is 2. The predicted molar refractivity (Wildman–Crippen MR) is 93.4 cm³/mol. The number of amides is 3. The van der Waals surface area contributed by atoms with Crippen LogP contribution in [0.5, 0.6) is 5.75 Å². The molecular formula is C18H17N3O5. The van der Waals surface area contributed by atoms with Crippen LogP contribution < -0.4 is 9.64 Å². The molecule has 1 fully saturated rings. The number of rotatable bonds is 4. The molecule has 1 saturated heterocycles. The minimum atomic E-state index is -1.11. The maximum atomic E-state index is 12.2. The first-order valence-electron chi connectivity index (χ1n) is 7.80. The van der Waals surface area contributed by atoms with Gasteiger partial charge in [-0.3, -0.25) is 19.6 Å². The molecule has 0 aliphatic carbocycles. The van der Waals surface area contributed by atoms with E-state index in [4.69, 9.17) is 4.74 Å². The molecule has 1 aliphatic rings. The maximum absolute atomic E-state index is 12.2. The molecule has 8 heteroatoms. The number of benzene rings is 1. The van der Waals surface area contributed by atoms with E-state index in [9.17, 15) is 19.5 Å². The average molecular weight is 355 g/mol. The van der Waals surface area contributed by atoms with Crippen LogP contribution in [0.2, 0.25) is 0 Å². The summed E-state index contributed by atoms with van der Waals surface area (Å²) in [4.78, 5) is 42.2. The third kappa shape index (κ3) is 2.85. The molecule has 8 nitrogen and oxygen atoms in total. The van der Waals surface area contributed by atoms with Crippen molar-refractivity contribution in [1.82, 2.24) is 9.88 Å². The Morgan fingerprint density at radius 1 is 1.23 bits per heavy atom. The van der Waals surface area contributed by atoms with Crippen LogP contribution in [0.4, 0.5) is 10.5 Å². The fourth-order valence-corrected chi connectivity index (χ4v) is 2.83. The lowest BCUT2D eigenvalue weighted by atomic mass is 9.98. The molecule has 0 saturated carbocycles. The van der Waals surface area contributed by atoms with Crippen LogP contribution in [0.15, 0.2) is 30.5 Å². The van der Waals surface area contributed by atoms with Gasteiger partial charge in [0, 0.05) is 29.6 Å². The molecular weight excluding hydrogens is 338 g/mol. The summed E-state index contributed by atoms with van der Waals surface area (Å²) < 4.78 is 5.31. The van der Waals surface area contributed by atoms with E-state index < -0.39 is 12.0 Å². The number of urea groups is 1. The van der Waals surface area contributed by atoms with Gasteiger partial charge in [-0.2, -0.15) is 0 Å². The van der Waals surface area contributed by atoms with Gasteiger partial charge in [-0.1, -0.05) is 0 Å². The second-order valence-corrected chi connectivity index (χ2v) is 5.88. The number of hydrogen-bond donors (Lipinski definition) is 1. The van der Waals surface area contributed by atoms with E-state index in [-0.39, 0.29) is 18.0 Å². The summed E-state index contributed by atoms with van der Waals surface area (Å²) in [5, 5.41) is 9.55. The Morgan fingerprint density at radius 2 is 1.96 bits per heavy atom. The Balaban J connectivity index is 2.18. The lowest BCUT2D eigenvalue weighted by Crippen LogP contribution is -2.29. The molecule has 0 unspecified atom stereocenters. The number of likely N-dealkylation sites (N-methyl/N-ethyl adjacent to an activating group) is 1. The van der Waals surface area contributed by atoms with Crippen LogP contribution in [-0.2, 0) is 4.79 Å². The second kappa shape index (κ2) is 6.47. The zero-order valence-electron chi connectivity index (χ0n) is 14.5. The van der Waals surface area contributed by atoms with Gasteiger partial charge < -0.3 is 9.84 Å². The molecule has 0 bridgehead atoms. The first-order valence-corrected chi connectivity index (χ1v) is 7.80. The van der Waals surface area contributed by atoms with Gasteiger partial charge in [-0.15, -0.1) is 0 Å². The summed E-state index contributed by atoms with van der Waals surface area (Å²) in [6.45, 7) is 1.69. The van der Waals surface area contributed by atoms with Crippen molar-refractivity contribution in [3.8, 4) is 16.9 Å². The average Bonchev–Trinajstić information content (AvgIpc) is 2.88. The zero-order valence-corrected chi connectivity index (χ0v) is 14.5. The van der Waals surface area contributed by atoms with E-state index in [0.29, 0.717) is 28.3 Å². The minimum absolute atomic E-state index is 0.0592. The van der Waals surface area contributed by atoms with Crippen LogP contribution in [0.1, 0.15) is 16.1 Å². The molecule has 26 heavy (non-hydrogen) atoms. The van der Waals surface area contributed by atoms with Gasteiger partial charge in [0.2, 0.25) is 5.91 Å². The highest BCUT2D eigenvalue weighted by molar-refractivity contribution is 6.12. The van der Waals surface area contributed by atoms with Crippen LogP contribution in [0.25, 0.3) is 11.1 Å². The van der Waals surface area contributed by atoms with Crippen LogP contribution in [0.3, 0.4) is 0 Å². The third-order valence-corrected chi connectivity index (χ3v) is 4.24. The number of methoxy groups -OCH3 is 1. The van der Waals surface area contributed by atoms with E-state index in [0.717, 1.165) is 4.90 Å². The molecule has 3 rings (SSSR count). The van der Waals surface area contributed by atoms with Crippen molar-refractivity contribution in [3.05, 3.63) is 41.7 Å². The fourth-order valence-electron chi connectivity index (χ4n) is 2.83. The standard InChI is InChI=1S/C18H17N3O5/c1-10-6-14(15(26-3)8-19-10)13-7-11(4-5-12(13)17(23)24)21-9-16(22)20(2)18(21)25/h4-8H,9H2,1-3H3,(H,23,24). The molecule has 3 amide bonds. The molecule has 1 aliphatic heterocycles. The van der Waals surface area contributed by atoms with Crippen molar-refractivity contribution in [2.24, 2.45) is 0 Å². The Kier molecular flexibility index (Phi) is 4.33. The topological polar surface area (TPSA) is 100 Å². The maximum Gasteiger partial charge on any atom is 0.336 e. The summed E-state index contributed by atoms with van der Waals surface area (Å²) in [5.41, 5.74) is 2.11. The summed E-state index contributed by atoms with van der Waals surface area (Å²) >= 11 is 0. The van der Waals surface area contributed by atoms with E-state index in [2.05, 4.69) is 4.98 Å². The molecule has 0 radical (unpaired) electrons. The second-order valence-electron chi connectivity index (χ2n) is 5.88. The Morgan fingerprint density at radius 3 is 2.54 bits per heavy atom. The summed E-state index contributed by atoms with van der Waals surface area (Å²) in [5.74, 6) is -1.02. The van der Waals surface area contributed by atoms with Gasteiger partial charge in [0.25, 0.3) is 0 Å². The highest BCUT2D eigenvalue weighted by atomic mass is 16.5. The van der Waals surface area contributed by atoms with Crippen LogP contribution in [-0.4, -0.2) is 53.6 Å². The highest BCUT2D eigenvalue weighted by Crippen LogP contribution is 2.35. The van der Waals surface area contributed by atoms with Crippen molar-refractivity contribution >= 4 is 23.6 Å². The first kappa shape index (κ1) is 17.4. The number of imide groups is 1. The number of aromatic nitrogens is 1. The Hall–Kier alpha value is -3.42. The molecule has 1 aromatic heterocycles. The number of aryl methyl sites for hydroxylation is 1. The molecule has 1 aromatic carbocycles. The van der Waals surface area contributed by atoms with Gasteiger partial charge in [0.15, 0.2) is 0 Å². The van der Waals surface area contributed by atoms with Crippen LogP contribution >= 0.6 is 0 Å². The van der Waals surface area contributed by atoms with E-state index in [1.54, 1.807) is 19.1 Å². The summed E-state index contributed by atoms with van der Waals surface area (Å²) in [7, 11) is 2.88. The Labute approximate surface area is 149 Å². The number of aromatic carboxylic acids is 1. The van der Waals surface area contributed by atoms with Gasteiger partial charge in [-0.25, -0.2) is 9.59 Å². The number of nitrogens with zero attached hydrogens (tertiary/aromatic N) is 3. The molecule has 2 heterocycles. The summed E-state index contributed by atoms with van der Waals surface area (Å²) in [6.07, 6.45) is 1.52. The number of pyridine rings is 1. The van der Waals surface area contributed by atoms with Crippen molar-refractivity contribution in [2.45, 2.75) is 6.92 Å².